The number of likely N-dealkylation sites (tertiary alicyclic amines) is 1. The van der Waals surface area contributed by atoms with Gasteiger partial charge in [0.15, 0.2) is 0 Å². The van der Waals surface area contributed by atoms with E-state index in [1.165, 1.54) is 30.7 Å². The fourth-order valence-corrected chi connectivity index (χ4v) is 5.88. The van der Waals surface area contributed by atoms with Gasteiger partial charge in [-0.15, -0.1) is 0 Å². The lowest BCUT2D eigenvalue weighted by Crippen LogP contribution is -2.42. The minimum absolute atomic E-state index is 0.0443. The Balaban J connectivity index is 1.38. The molecule has 4 heterocycles. The minimum atomic E-state index is -0.270. The average Bonchev–Trinajstić information content (AvgIpc) is 3.30. The van der Waals surface area contributed by atoms with Crippen molar-refractivity contribution in [1.29, 1.82) is 0 Å². The molecular formula is C26H34FN3O. The van der Waals surface area contributed by atoms with Gasteiger partial charge in [-0.05, 0) is 96.0 Å². The van der Waals surface area contributed by atoms with Gasteiger partial charge < -0.3 is 4.74 Å². The Hall–Kier alpha value is -1.85. The number of nitrogens with zero attached hydrogens (tertiary/aromatic N) is 3. The van der Waals surface area contributed by atoms with Crippen molar-refractivity contribution in [3.63, 3.8) is 0 Å². The van der Waals surface area contributed by atoms with Gasteiger partial charge in [0.2, 0.25) is 0 Å². The Labute approximate surface area is 185 Å². The van der Waals surface area contributed by atoms with Crippen molar-refractivity contribution in [2.75, 3.05) is 13.1 Å². The molecule has 0 aromatic carbocycles. The second-order valence-electron chi connectivity index (χ2n) is 10.6. The van der Waals surface area contributed by atoms with Crippen LogP contribution in [-0.2, 0) is 16.7 Å². The molecule has 1 aliphatic carbocycles. The average molecular weight is 424 g/mol. The van der Waals surface area contributed by atoms with Crippen LogP contribution in [0.2, 0.25) is 0 Å². The number of aromatic nitrogens is 2. The van der Waals surface area contributed by atoms with Crippen molar-refractivity contribution in [2.45, 2.75) is 83.0 Å². The molecule has 0 N–H and O–H groups in total. The van der Waals surface area contributed by atoms with Gasteiger partial charge >= 0.3 is 0 Å². The standard InChI is InChI=1S/C26H34FN3O/c1-19-4-5-20(16-28-19)26(12-13-26)30-15-14-25(18-30,23-9-10-24(2,3)31-23)11-8-22-7-6-21(27)17-29-22/h4-7,16-17,23H,8-15,18H2,1-3H3/t23-,25-/m0/s1. The van der Waals surface area contributed by atoms with E-state index in [-0.39, 0.29) is 28.5 Å². The summed E-state index contributed by atoms with van der Waals surface area (Å²) in [7, 11) is 0. The highest BCUT2D eigenvalue weighted by molar-refractivity contribution is 5.30. The van der Waals surface area contributed by atoms with E-state index in [1.54, 1.807) is 0 Å². The second-order valence-corrected chi connectivity index (χ2v) is 10.6. The van der Waals surface area contributed by atoms with E-state index < -0.39 is 0 Å². The SMILES string of the molecule is Cc1ccc(C2(N3CC[C@](CCc4ccc(F)cn4)([C@@H]4CCC(C)(C)O4)C3)CC2)cn1. The second kappa shape index (κ2) is 7.63. The van der Waals surface area contributed by atoms with Gasteiger partial charge in [-0.1, -0.05) is 6.07 Å². The Bertz CT molecular complexity index is 923. The molecular weight excluding hydrogens is 389 g/mol. The topological polar surface area (TPSA) is 38.2 Å². The summed E-state index contributed by atoms with van der Waals surface area (Å²) >= 11 is 0. The fourth-order valence-electron chi connectivity index (χ4n) is 5.88. The van der Waals surface area contributed by atoms with Crippen LogP contribution >= 0.6 is 0 Å². The van der Waals surface area contributed by atoms with Crippen molar-refractivity contribution < 1.29 is 9.13 Å². The number of rotatable bonds is 6. The number of halogens is 1. The third-order valence-corrected chi connectivity index (χ3v) is 7.98. The summed E-state index contributed by atoms with van der Waals surface area (Å²) in [5.74, 6) is -0.270. The smallest absolute Gasteiger partial charge is 0.141 e. The Morgan fingerprint density at radius 2 is 1.90 bits per heavy atom. The predicted octanol–water partition coefficient (Wildman–Crippen LogP) is 5.20. The molecule has 1 saturated carbocycles. The molecule has 0 bridgehead atoms. The predicted molar refractivity (Wildman–Crippen MR) is 119 cm³/mol. The molecule has 5 heteroatoms. The van der Waals surface area contributed by atoms with Crippen LogP contribution in [0.3, 0.4) is 0 Å². The number of hydrogen-bond acceptors (Lipinski definition) is 4. The molecule has 166 valence electrons. The Morgan fingerprint density at radius 3 is 2.52 bits per heavy atom. The maximum Gasteiger partial charge on any atom is 0.141 e. The molecule has 31 heavy (non-hydrogen) atoms. The molecule has 2 aromatic heterocycles. The summed E-state index contributed by atoms with van der Waals surface area (Å²) in [4.78, 5) is 11.6. The zero-order valence-corrected chi connectivity index (χ0v) is 19.0. The van der Waals surface area contributed by atoms with E-state index >= 15 is 0 Å². The quantitative estimate of drug-likeness (QED) is 0.640. The third-order valence-electron chi connectivity index (χ3n) is 7.98. The van der Waals surface area contributed by atoms with Crippen molar-refractivity contribution in [3.05, 3.63) is 59.4 Å². The van der Waals surface area contributed by atoms with Gasteiger partial charge in [-0.3, -0.25) is 14.9 Å². The first-order valence-corrected chi connectivity index (χ1v) is 11.8. The molecule has 2 aromatic rings. The first-order valence-electron chi connectivity index (χ1n) is 11.8. The van der Waals surface area contributed by atoms with Gasteiger partial charge in [0.05, 0.1) is 17.9 Å². The van der Waals surface area contributed by atoms with Crippen LogP contribution in [-0.4, -0.2) is 39.7 Å². The molecule has 0 amide bonds. The van der Waals surface area contributed by atoms with Gasteiger partial charge in [0.25, 0.3) is 0 Å². The Kier molecular flexibility index (Phi) is 5.17. The summed E-state index contributed by atoms with van der Waals surface area (Å²) in [5.41, 5.74) is 3.64. The van der Waals surface area contributed by atoms with Gasteiger partial charge in [0, 0.05) is 35.1 Å². The Morgan fingerprint density at radius 1 is 1.06 bits per heavy atom. The van der Waals surface area contributed by atoms with E-state index in [9.17, 15) is 4.39 Å². The molecule has 2 saturated heterocycles. The molecule has 2 aliphatic heterocycles. The van der Waals surface area contributed by atoms with Crippen LogP contribution in [0, 0.1) is 18.2 Å². The van der Waals surface area contributed by atoms with Crippen molar-refractivity contribution >= 4 is 0 Å². The van der Waals surface area contributed by atoms with Crippen LogP contribution in [0.1, 0.15) is 69.3 Å². The fraction of sp³-hybridized carbons (Fsp3) is 0.615. The zero-order valence-electron chi connectivity index (χ0n) is 19.0. The number of pyridine rings is 2. The third kappa shape index (κ3) is 4.03. The maximum absolute atomic E-state index is 13.3. The molecule has 3 fully saturated rings. The molecule has 0 spiro atoms. The van der Waals surface area contributed by atoms with E-state index in [2.05, 4.69) is 47.0 Å². The van der Waals surface area contributed by atoms with Gasteiger partial charge in [-0.2, -0.15) is 0 Å². The molecule has 3 aliphatic rings. The van der Waals surface area contributed by atoms with Crippen molar-refractivity contribution in [3.8, 4) is 0 Å². The van der Waals surface area contributed by atoms with Crippen LogP contribution in [0.15, 0.2) is 36.7 Å². The highest BCUT2D eigenvalue weighted by Crippen LogP contribution is 2.56. The molecule has 0 unspecified atom stereocenters. The summed E-state index contributed by atoms with van der Waals surface area (Å²) in [5, 5.41) is 0. The van der Waals surface area contributed by atoms with E-state index in [1.807, 2.05) is 13.0 Å². The molecule has 4 nitrogen and oxygen atoms in total. The normalized spacial score (nSPS) is 29.4. The minimum Gasteiger partial charge on any atom is -0.372 e. The van der Waals surface area contributed by atoms with Gasteiger partial charge in [0.1, 0.15) is 5.82 Å². The van der Waals surface area contributed by atoms with Crippen LogP contribution < -0.4 is 0 Å². The lowest BCUT2D eigenvalue weighted by molar-refractivity contribution is -0.0778. The van der Waals surface area contributed by atoms with Crippen LogP contribution in [0.5, 0.6) is 0 Å². The number of ether oxygens (including phenoxy) is 1. The monoisotopic (exact) mass is 423 g/mol. The maximum atomic E-state index is 13.3. The van der Waals surface area contributed by atoms with Crippen molar-refractivity contribution in [1.82, 2.24) is 14.9 Å². The summed E-state index contributed by atoms with van der Waals surface area (Å²) in [6.07, 6.45) is 11.4. The first kappa shape index (κ1) is 21.0. The van der Waals surface area contributed by atoms with Gasteiger partial charge in [-0.25, -0.2) is 4.39 Å². The first-order chi connectivity index (χ1) is 14.8. The van der Waals surface area contributed by atoms with E-state index in [0.717, 1.165) is 56.6 Å². The number of hydrogen-bond donors (Lipinski definition) is 0. The van der Waals surface area contributed by atoms with Crippen LogP contribution in [0.25, 0.3) is 0 Å². The van der Waals surface area contributed by atoms with E-state index in [0.29, 0.717) is 0 Å². The summed E-state index contributed by atoms with van der Waals surface area (Å²) < 4.78 is 19.9. The summed E-state index contributed by atoms with van der Waals surface area (Å²) in [6, 6.07) is 7.76. The lowest BCUT2D eigenvalue weighted by atomic mass is 9.75. The highest BCUT2D eigenvalue weighted by Gasteiger charge is 2.57. The highest BCUT2D eigenvalue weighted by atomic mass is 19.1. The molecule has 0 radical (unpaired) electrons. The summed E-state index contributed by atoms with van der Waals surface area (Å²) in [6.45, 7) is 8.64. The van der Waals surface area contributed by atoms with E-state index in [4.69, 9.17) is 4.74 Å². The van der Waals surface area contributed by atoms with Crippen LogP contribution in [0.4, 0.5) is 4.39 Å². The lowest BCUT2D eigenvalue weighted by Gasteiger charge is -2.38. The zero-order chi connectivity index (χ0) is 21.7. The largest absolute Gasteiger partial charge is 0.372 e. The number of aryl methyl sites for hydroxylation is 2. The van der Waals surface area contributed by atoms with Crippen molar-refractivity contribution in [2.24, 2.45) is 5.41 Å². The molecule has 5 rings (SSSR count). The molecule has 2 atom stereocenters.